The number of benzene rings is 1. The van der Waals surface area contributed by atoms with Crippen molar-refractivity contribution in [2.24, 2.45) is 11.8 Å². The smallest absolute Gasteiger partial charge is 0.120 e. The average Bonchev–Trinajstić information content (AvgIpc) is 2.39. The normalized spacial score (nSPS) is 26.7. The third-order valence-corrected chi connectivity index (χ3v) is 4.04. The molecule has 1 fully saturated rings. The molecule has 0 aliphatic heterocycles. The highest BCUT2D eigenvalue weighted by molar-refractivity contribution is 5.27. The first-order valence-corrected chi connectivity index (χ1v) is 7.36. The van der Waals surface area contributed by atoms with E-state index in [0.717, 1.165) is 24.5 Å². The van der Waals surface area contributed by atoms with E-state index in [2.05, 4.69) is 32.0 Å². The molecular weight excluding hydrogens is 234 g/mol. The van der Waals surface area contributed by atoms with Crippen molar-refractivity contribution in [2.75, 3.05) is 0 Å². The minimum absolute atomic E-state index is 0.0496. The van der Waals surface area contributed by atoms with Crippen molar-refractivity contribution in [2.45, 2.75) is 52.1 Å². The summed E-state index contributed by atoms with van der Waals surface area (Å²) in [5.41, 5.74) is 1.20. The molecular formula is C17H23NO. The molecule has 0 heterocycles. The Balaban J connectivity index is 2.04. The van der Waals surface area contributed by atoms with Gasteiger partial charge in [0.15, 0.2) is 0 Å². The molecule has 1 saturated carbocycles. The summed E-state index contributed by atoms with van der Waals surface area (Å²) in [6, 6.07) is 10.5. The monoisotopic (exact) mass is 257 g/mol. The summed E-state index contributed by atoms with van der Waals surface area (Å²) in [7, 11) is 0. The maximum Gasteiger partial charge on any atom is 0.120 e. The first kappa shape index (κ1) is 13.9. The summed E-state index contributed by atoms with van der Waals surface area (Å²) in [5.74, 6) is 1.68. The van der Waals surface area contributed by atoms with Crippen LogP contribution in [0.25, 0.3) is 0 Å². The van der Waals surface area contributed by atoms with Crippen molar-refractivity contribution in [1.29, 1.82) is 5.26 Å². The van der Waals surface area contributed by atoms with E-state index in [0.29, 0.717) is 0 Å². The van der Waals surface area contributed by atoms with Gasteiger partial charge >= 0.3 is 0 Å². The zero-order valence-corrected chi connectivity index (χ0v) is 11.9. The standard InChI is InChI=1S/C17H23NO/c1-3-5-14-8-9-15(12-18)17(11-14)19-16-7-4-6-13(2)10-16/h4,6-7,10,14-15,17H,3,5,8-9,11H2,1-2H3. The van der Waals surface area contributed by atoms with Crippen LogP contribution in [0.2, 0.25) is 0 Å². The van der Waals surface area contributed by atoms with Crippen LogP contribution >= 0.6 is 0 Å². The molecule has 0 bridgehead atoms. The molecule has 2 heteroatoms. The summed E-state index contributed by atoms with van der Waals surface area (Å²) >= 11 is 0. The number of hydrogen-bond acceptors (Lipinski definition) is 2. The first-order valence-electron chi connectivity index (χ1n) is 7.36. The molecule has 1 aromatic carbocycles. The Hall–Kier alpha value is -1.49. The van der Waals surface area contributed by atoms with Gasteiger partial charge in [0.1, 0.15) is 11.9 Å². The molecule has 3 unspecified atom stereocenters. The van der Waals surface area contributed by atoms with E-state index in [1.807, 2.05) is 12.1 Å². The third kappa shape index (κ3) is 3.73. The lowest BCUT2D eigenvalue weighted by Gasteiger charge is -2.33. The van der Waals surface area contributed by atoms with Crippen molar-refractivity contribution in [3.05, 3.63) is 29.8 Å². The Kier molecular flexibility index (Phi) is 4.85. The van der Waals surface area contributed by atoms with E-state index in [-0.39, 0.29) is 12.0 Å². The van der Waals surface area contributed by atoms with Gasteiger partial charge in [0.2, 0.25) is 0 Å². The van der Waals surface area contributed by atoms with Gasteiger partial charge in [0.25, 0.3) is 0 Å². The molecule has 0 amide bonds. The molecule has 2 nitrogen and oxygen atoms in total. The van der Waals surface area contributed by atoms with Gasteiger partial charge in [-0.25, -0.2) is 0 Å². The van der Waals surface area contributed by atoms with Crippen LogP contribution in [-0.2, 0) is 0 Å². The predicted molar refractivity (Wildman–Crippen MR) is 76.9 cm³/mol. The maximum atomic E-state index is 9.28. The second kappa shape index (κ2) is 6.61. The molecule has 1 aliphatic rings. The quantitative estimate of drug-likeness (QED) is 0.796. The predicted octanol–water partition coefficient (Wildman–Crippen LogP) is 4.48. The van der Waals surface area contributed by atoms with Crippen LogP contribution in [0.3, 0.4) is 0 Å². The molecule has 0 saturated heterocycles. The molecule has 19 heavy (non-hydrogen) atoms. The fraction of sp³-hybridized carbons (Fsp3) is 0.588. The number of rotatable bonds is 4. The van der Waals surface area contributed by atoms with Gasteiger partial charge in [-0.1, -0.05) is 31.9 Å². The van der Waals surface area contributed by atoms with E-state index in [4.69, 9.17) is 4.74 Å². The molecule has 0 radical (unpaired) electrons. The summed E-state index contributed by atoms with van der Waals surface area (Å²) in [4.78, 5) is 0. The number of nitrogens with zero attached hydrogens (tertiary/aromatic N) is 1. The summed E-state index contributed by atoms with van der Waals surface area (Å²) in [6.07, 6.45) is 5.74. The fourth-order valence-corrected chi connectivity index (χ4v) is 3.02. The number of hydrogen-bond donors (Lipinski definition) is 0. The molecule has 1 aromatic rings. The van der Waals surface area contributed by atoms with Crippen molar-refractivity contribution in [3.8, 4) is 11.8 Å². The second-order valence-electron chi connectivity index (χ2n) is 5.68. The zero-order chi connectivity index (χ0) is 13.7. The van der Waals surface area contributed by atoms with Crippen LogP contribution in [0.5, 0.6) is 5.75 Å². The summed E-state index contributed by atoms with van der Waals surface area (Å²) < 4.78 is 6.09. The lowest BCUT2D eigenvalue weighted by atomic mass is 9.78. The van der Waals surface area contributed by atoms with Gasteiger partial charge in [-0.3, -0.25) is 0 Å². The number of aryl methyl sites for hydroxylation is 1. The van der Waals surface area contributed by atoms with Gasteiger partial charge in [-0.05, 0) is 49.8 Å². The minimum atomic E-state index is 0.0496. The van der Waals surface area contributed by atoms with Crippen LogP contribution in [0, 0.1) is 30.1 Å². The van der Waals surface area contributed by atoms with E-state index < -0.39 is 0 Å². The lowest BCUT2D eigenvalue weighted by Crippen LogP contribution is -2.33. The van der Waals surface area contributed by atoms with Gasteiger partial charge in [-0.15, -0.1) is 0 Å². The second-order valence-corrected chi connectivity index (χ2v) is 5.68. The molecule has 0 aromatic heterocycles. The van der Waals surface area contributed by atoms with Gasteiger partial charge in [-0.2, -0.15) is 5.26 Å². The van der Waals surface area contributed by atoms with E-state index in [1.165, 1.54) is 24.8 Å². The van der Waals surface area contributed by atoms with Crippen LogP contribution in [0.1, 0.15) is 44.6 Å². The highest BCUT2D eigenvalue weighted by atomic mass is 16.5. The highest BCUT2D eigenvalue weighted by Crippen LogP contribution is 2.34. The Morgan fingerprint density at radius 1 is 1.37 bits per heavy atom. The van der Waals surface area contributed by atoms with Crippen molar-refractivity contribution in [3.63, 3.8) is 0 Å². The largest absolute Gasteiger partial charge is 0.489 e. The van der Waals surface area contributed by atoms with Crippen molar-refractivity contribution < 1.29 is 4.74 Å². The van der Waals surface area contributed by atoms with Crippen LogP contribution in [0.15, 0.2) is 24.3 Å². The van der Waals surface area contributed by atoms with Crippen LogP contribution < -0.4 is 4.74 Å². The minimum Gasteiger partial charge on any atom is -0.489 e. The maximum absolute atomic E-state index is 9.28. The molecule has 2 rings (SSSR count). The van der Waals surface area contributed by atoms with Gasteiger partial charge in [0.05, 0.1) is 12.0 Å². The van der Waals surface area contributed by atoms with E-state index in [1.54, 1.807) is 0 Å². The number of nitriles is 1. The molecule has 1 aliphatic carbocycles. The van der Waals surface area contributed by atoms with Crippen LogP contribution in [0.4, 0.5) is 0 Å². The first-order chi connectivity index (χ1) is 9.22. The zero-order valence-electron chi connectivity index (χ0n) is 11.9. The lowest BCUT2D eigenvalue weighted by molar-refractivity contribution is 0.0875. The highest BCUT2D eigenvalue weighted by Gasteiger charge is 2.31. The Morgan fingerprint density at radius 2 is 2.21 bits per heavy atom. The summed E-state index contributed by atoms with van der Waals surface area (Å²) in [6.45, 7) is 4.29. The van der Waals surface area contributed by atoms with Crippen LogP contribution in [-0.4, -0.2) is 6.10 Å². The van der Waals surface area contributed by atoms with E-state index >= 15 is 0 Å². The number of ether oxygens (including phenoxy) is 1. The molecule has 0 N–H and O–H groups in total. The van der Waals surface area contributed by atoms with Crippen molar-refractivity contribution >= 4 is 0 Å². The topological polar surface area (TPSA) is 33.0 Å². The molecule has 0 spiro atoms. The summed E-state index contributed by atoms with van der Waals surface area (Å²) in [5, 5.41) is 9.28. The average molecular weight is 257 g/mol. The van der Waals surface area contributed by atoms with Gasteiger partial charge < -0.3 is 4.74 Å². The SMILES string of the molecule is CCCC1CCC(C#N)C(Oc2cccc(C)c2)C1. The fourth-order valence-electron chi connectivity index (χ4n) is 3.02. The van der Waals surface area contributed by atoms with Gasteiger partial charge in [0, 0.05) is 0 Å². The Morgan fingerprint density at radius 3 is 2.89 bits per heavy atom. The Labute approximate surface area is 116 Å². The third-order valence-electron chi connectivity index (χ3n) is 4.04. The molecule has 102 valence electrons. The molecule has 3 atom stereocenters. The Bertz CT molecular complexity index is 449. The van der Waals surface area contributed by atoms with Crippen molar-refractivity contribution in [1.82, 2.24) is 0 Å². The van der Waals surface area contributed by atoms with E-state index in [9.17, 15) is 5.26 Å².